The molecule has 238 valence electrons. The van der Waals surface area contributed by atoms with Crippen molar-refractivity contribution in [2.45, 2.75) is 31.1 Å². The molecule has 7 nitrogen and oxygen atoms in total. The third-order valence-electron chi connectivity index (χ3n) is 9.48. The number of carboxylic acid groups (broad SMARTS) is 1. The van der Waals surface area contributed by atoms with E-state index in [1.54, 1.807) is 24.3 Å². The zero-order chi connectivity index (χ0) is 33.3. The molecule has 1 aliphatic heterocycles. The molecule has 2 unspecified atom stereocenters. The quantitative estimate of drug-likeness (QED) is 0.150. The molecular weight excluding hydrogens is 602 g/mol. The van der Waals surface area contributed by atoms with Gasteiger partial charge in [0.2, 0.25) is 0 Å². The first-order valence-corrected chi connectivity index (χ1v) is 16.1. The summed E-state index contributed by atoms with van der Waals surface area (Å²) in [5.41, 5.74) is 3.78. The fourth-order valence-electron chi connectivity index (χ4n) is 6.95. The van der Waals surface area contributed by atoms with Gasteiger partial charge in [-0.3, -0.25) is 24.1 Å². The second kappa shape index (κ2) is 12.8. The van der Waals surface area contributed by atoms with Crippen LogP contribution in [0.5, 0.6) is 0 Å². The number of benzene rings is 4. The van der Waals surface area contributed by atoms with E-state index < -0.39 is 29.1 Å². The summed E-state index contributed by atoms with van der Waals surface area (Å²) in [6.45, 7) is -0.106. The van der Waals surface area contributed by atoms with E-state index in [0.717, 1.165) is 32.5 Å². The zero-order valence-electron chi connectivity index (χ0n) is 26.2. The van der Waals surface area contributed by atoms with Gasteiger partial charge >= 0.3 is 5.97 Å². The summed E-state index contributed by atoms with van der Waals surface area (Å²) < 4.78 is 6.46. The molecule has 1 aromatic heterocycles. The van der Waals surface area contributed by atoms with Crippen LogP contribution in [0.1, 0.15) is 62.4 Å². The number of carbonyl (C=O) groups excluding carboxylic acids is 3. The summed E-state index contributed by atoms with van der Waals surface area (Å²) in [5, 5.41) is 11.1. The largest absolute Gasteiger partial charge is 0.481 e. The van der Waals surface area contributed by atoms with E-state index in [-0.39, 0.29) is 25.2 Å². The van der Waals surface area contributed by atoms with Crippen molar-refractivity contribution in [2.75, 3.05) is 6.54 Å². The monoisotopic (exact) mass is 635 g/mol. The molecule has 0 spiro atoms. The average molecular weight is 636 g/mol. The van der Waals surface area contributed by atoms with E-state index in [1.807, 2.05) is 103 Å². The molecule has 2 amide bonds. The number of carboxylic acids is 1. The Morgan fingerprint density at radius 1 is 0.812 bits per heavy atom. The minimum atomic E-state index is -1.21. The maximum Gasteiger partial charge on any atom is 0.307 e. The number of nitrogens with zero attached hydrogens (tertiary/aromatic N) is 1. The number of amides is 2. The number of carbonyl (C=O) groups is 4. The summed E-state index contributed by atoms with van der Waals surface area (Å²) in [7, 11) is 0. The number of aliphatic carboxylic acids is 1. The SMILES string of the molecule is O=C(O)C(CCN1C(=O)c2ccccc2C1=O)CC(=O)C1(c2c(Cc3ccccc3)oc3ccccc23)C=CC(c2ccccc2)=CC1. The Bertz CT molecular complexity index is 2070. The smallest absolute Gasteiger partial charge is 0.307 e. The van der Waals surface area contributed by atoms with Crippen molar-refractivity contribution in [1.82, 2.24) is 4.90 Å². The van der Waals surface area contributed by atoms with E-state index in [9.17, 15) is 24.3 Å². The van der Waals surface area contributed by atoms with Crippen LogP contribution in [-0.4, -0.2) is 40.1 Å². The van der Waals surface area contributed by atoms with Crippen molar-refractivity contribution in [3.63, 3.8) is 0 Å². The Hall–Kier alpha value is -5.82. The summed E-state index contributed by atoms with van der Waals surface area (Å²) in [6.07, 6.45) is 6.30. The van der Waals surface area contributed by atoms with E-state index in [2.05, 4.69) is 0 Å². The lowest BCUT2D eigenvalue weighted by Crippen LogP contribution is -2.39. The molecule has 48 heavy (non-hydrogen) atoms. The van der Waals surface area contributed by atoms with Crippen LogP contribution in [0.3, 0.4) is 0 Å². The van der Waals surface area contributed by atoms with Crippen molar-refractivity contribution >= 4 is 40.1 Å². The van der Waals surface area contributed by atoms with Crippen LogP contribution < -0.4 is 0 Å². The predicted molar refractivity (Wildman–Crippen MR) is 182 cm³/mol. The number of fused-ring (bicyclic) bond motifs is 2. The van der Waals surface area contributed by atoms with Gasteiger partial charge in [0.15, 0.2) is 0 Å². The topological polar surface area (TPSA) is 105 Å². The maximum absolute atomic E-state index is 14.8. The number of hydrogen-bond donors (Lipinski definition) is 1. The number of para-hydroxylation sites is 1. The Morgan fingerprint density at radius 2 is 1.44 bits per heavy atom. The standard InChI is InChI=1S/C41H33NO6/c43-36(26-30(40(46)47)21-24-42-38(44)31-15-7-8-16-32(31)39(42)45)41(22-19-29(20-23-41)28-13-5-2-6-14-28)37-33-17-9-10-18-34(33)48-35(37)25-27-11-3-1-4-12-27/h1-20,22,30H,21,23-26H2,(H,46,47). The van der Waals surface area contributed by atoms with Crippen molar-refractivity contribution < 1.29 is 28.7 Å². The van der Waals surface area contributed by atoms with Crippen LogP contribution >= 0.6 is 0 Å². The molecule has 0 fully saturated rings. The fourth-order valence-corrected chi connectivity index (χ4v) is 6.95. The first-order valence-electron chi connectivity index (χ1n) is 16.1. The summed E-state index contributed by atoms with van der Waals surface area (Å²) in [5.74, 6) is -2.80. The van der Waals surface area contributed by atoms with Gasteiger partial charge in [-0.1, -0.05) is 109 Å². The normalized spacial score (nSPS) is 17.8. The number of hydrogen-bond acceptors (Lipinski definition) is 5. The first-order chi connectivity index (χ1) is 23.4. The van der Waals surface area contributed by atoms with Gasteiger partial charge in [0, 0.05) is 30.3 Å². The number of allylic oxidation sites excluding steroid dienone is 4. The Balaban J connectivity index is 1.25. The van der Waals surface area contributed by atoms with Gasteiger partial charge in [0.25, 0.3) is 11.8 Å². The van der Waals surface area contributed by atoms with Crippen LogP contribution in [0.4, 0.5) is 0 Å². The molecule has 2 heterocycles. The van der Waals surface area contributed by atoms with Crippen LogP contribution in [-0.2, 0) is 21.4 Å². The van der Waals surface area contributed by atoms with Crippen LogP contribution in [0.2, 0.25) is 0 Å². The molecule has 0 saturated heterocycles. The van der Waals surface area contributed by atoms with Crippen molar-refractivity contribution in [3.8, 4) is 0 Å². The fraction of sp³-hybridized carbons (Fsp3) is 0.171. The molecular formula is C41H33NO6. The molecule has 0 bridgehead atoms. The highest BCUT2D eigenvalue weighted by Gasteiger charge is 2.44. The molecule has 5 aromatic rings. The van der Waals surface area contributed by atoms with E-state index >= 15 is 0 Å². The number of Topliss-reactive ketones (excluding diaryl/α,β-unsaturated/α-hetero) is 1. The molecule has 7 heteroatoms. The van der Waals surface area contributed by atoms with Gasteiger partial charge in [-0.2, -0.15) is 0 Å². The lowest BCUT2D eigenvalue weighted by atomic mass is 9.67. The second-order valence-corrected chi connectivity index (χ2v) is 12.4. The molecule has 4 aromatic carbocycles. The highest BCUT2D eigenvalue weighted by atomic mass is 16.4. The Morgan fingerprint density at radius 3 is 2.08 bits per heavy atom. The first kappa shape index (κ1) is 30.8. The highest BCUT2D eigenvalue weighted by molar-refractivity contribution is 6.21. The van der Waals surface area contributed by atoms with Crippen molar-refractivity contribution in [3.05, 3.63) is 161 Å². The van der Waals surface area contributed by atoms with Gasteiger partial charge in [-0.15, -0.1) is 0 Å². The van der Waals surface area contributed by atoms with E-state index in [1.165, 1.54) is 0 Å². The van der Waals surface area contributed by atoms with Gasteiger partial charge < -0.3 is 9.52 Å². The van der Waals surface area contributed by atoms with Crippen LogP contribution in [0.25, 0.3) is 16.5 Å². The number of furan rings is 1. The molecule has 0 saturated carbocycles. The Labute approximate surface area is 277 Å². The Kier molecular flexibility index (Phi) is 8.19. The van der Waals surface area contributed by atoms with Gasteiger partial charge in [-0.25, -0.2) is 0 Å². The number of ketones is 1. The molecule has 1 N–H and O–H groups in total. The molecule has 7 rings (SSSR count). The van der Waals surface area contributed by atoms with Crippen LogP contribution in [0.15, 0.2) is 132 Å². The van der Waals surface area contributed by atoms with Gasteiger partial charge in [0.05, 0.1) is 22.5 Å². The van der Waals surface area contributed by atoms with E-state index in [4.69, 9.17) is 4.42 Å². The average Bonchev–Trinajstić information content (AvgIpc) is 3.60. The van der Waals surface area contributed by atoms with Crippen molar-refractivity contribution in [1.29, 1.82) is 0 Å². The van der Waals surface area contributed by atoms with Gasteiger partial charge in [0.1, 0.15) is 17.1 Å². The number of imide groups is 1. The second-order valence-electron chi connectivity index (χ2n) is 12.4. The summed E-state index contributed by atoms with van der Waals surface area (Å²) in [6, 6.07) is 34.0. The minimum absolute atomic E-state index is 0.0551. The lowest BCUT2D eigenvalue weighted by molar-refractivity contribution is -0.144. The third-order valence-corrected chi connectivity index (χ3v) is 9.48. The summed E-state index contributed by atoms with van der Waals surface area (Å²) >= 11 is 0. The zero-order valence-corrected chi connectivity index (χ0v) is 26.2. The van der Waals surface area contributed by atoms with Gasteiger partial charge in [-0.05, 0) is 47.7 Å². The maximum atomic E-state index is 14.8. The molecule has 2 atom stereocenters. The minimum Gasteiger partial charge on any atom is -0.481 e. The number of rotatable bonds is 11. The molecule has 0 radical (unpaired) electrons. The molecule has 1 aliphatic carbocycles. The third kappa shape index (κ3) is 5.58. The highest BCUT2D eigenvalue weighted by Crippen LogP contribution is 2.45. The molecule has 2 aliphatic rings. The van der Waals surface area contributed by atoms with Crippen LogP contribution in [0, 0.1) is 5.92 Å². The van der Waals surface area contributed by atoms with E-state index in [0.29, 0.717) is 35.3 Å². The predicted octanol–water partition coefficient (Wildman–Crippen LogP) is 7.65. The van der Waals surface area contributed by atoms with Crippen molar-refractivity contribution in [2.24, 2.45) is 5.92 Å². The summed E-state index contributed by atoms with van der Waals surface area (Å²) in [4.78, 5) is 54.5. The lowest BCUT2D eigenvalue weighted by Gasteiger charge is -2.33.